The normalized spacial score (nSPS) is 10.8. The Balaban J connectivity index is 2.05. The molecule has 1 aromatic carbocycles. The van der Waals surface area contributed by atoms with E-state index in [4.69, 9.17) is 11.5 Å². The maximum Gasteiger partial charge on any atom is 0.220 e. The van der Waals surface area contributed by atoms with Crippen molar-refractivity contribution >= 4 is 28.4 Å². The third kappa shape index (κ3) is 2.80. The zero-order chi connectivity index (χ0) is 16.4. The molecule has 0 radical (unpaired) electrons. The van der Waals surface area contributed by atoms with Crippen LogP contribution in [-0.4, -0.2) is 28.1 Å². The minimum atomic E-state index is -0.0336. The molecular formula is C16H18N6O. The number of rotatable bonds is 4. The van der Waals surface area contributed by atoms with Crippen molar-refractivity contribution in [2.75, 3.05) is 18.5 Å². The number of H-pyrrole nitrogens is 1. The molecule has 23 heavy (non-hydrogen) atoms. The summed E-state index contributed by atoms with van der Waals surface area (Å²) < 4.78 is 0. The molecule has 7 heteroatoms. The summed E-state index contributed by atoms with van der Waals surface area (Å²) in [5.41, 5.74) is 15.5. The monoisotopic (exact) mass is 310 g/mol. The number of benzene rings is 1. The van der Waals surface area contributed by atoms with Gasteiger partial charge in [0.05, 0.1) is 5.52 Å². The maximum absolute atomic E-state index is 11.5. The van der Waals surface area contributed by atoms with Gasteiger partial charge in [0.1, 0.15) is 5.82 Å². The van der Waals surface area contributed by atoms with Gasteiger partial charge in [-0.25, -0.2) is 4.98 Å². The summed E-state index contributed by atoms with van der Waals surface area (Å²) in [6.07, 6.45) is 2.54. The quantitative estimate of drug-likeness (QED) is 0.581. The van der Waals surface area contributed by atoms with Gasteiger partial charge in [-0.15, -0.1) is 0 Å². The predicted octanol–water partition coefficient (Wildman–Crippen LogP) is 1.47. The summed E-state index contributed by atoms with van der Waals surface area (Å²) in [5, 5.41) is 10.3. The van der Waals surface area contributed by atoms with E-state index in [-0.39, 0.29) is 5.91 Å². The highest BCUT2D eigenvalue weighted by atomic mass is 16.1. The lowest BCUT2D eigenvalue weighted by Gasteiger charge is -2.12. The van der Waals surface area contributed by atoms with Gasteiger partial charge in [-0.05, 0) is 35.7 Å². The standard InChI is InChI=1S/C16H18N6O/c1-19-14(23)5-3-11-10(6-7-20-15(11)17)9-2-4-13-12(8-9)16(18)22-21-13/h2,4,6-8H,3,5H2,1H3,(H2,17,20)(H,19,23)(H3,18,21,22). The average molecular weight is 310 g/mol. The largest absolute Gasteiger partial charge is 0.383 e. The molecular weight excluding hydrogens is 292 g/mol. The van der Waals surface area contributed by atoms with Crippen LogP contribution in [0.25, 0.3) is 22.0 Å². The maximum atomic E-state index is 11.5. The minimum Gasteiger partial charge on any atom is -0.383 e. The van der Waals surface area contributed by atoms with E-state index in [1.54, 1.807) is 13.2 Å². The van der Waals surface area contributed by atoms with Gasteiger partial charge in [-0.2, -0.15) is 5.10 Å². The fourth-order valence-electron chi connectivity index (χ4n) is 2.61. The van der Waals surface area contributed by atoms with Crippen LogP contribution in [-0.2, 0) is 11.2 Å². The van der Waals surface area contributed by atoms with Crippen molar-refractivity contribution in [2.24, 2.45) is 0 Å². The van der Waals surface area contributed by atoms with E-state index in [0.717, 1.165) is 27.6 Å². The molecule has 0 aliphatic heterocycles. The molecule has 3 rings (SSSR count). The van der Waals surface area contributed by atoms with Gasteiger partial charge in [0.15, 0.2) is 5.82 Å². The number of aromatic nitrogens is 3. The first kappa shape index (κ1) is 14.8. The third-order valence-corrected chi connectivity index (χ3v) is 3.87. The molecule has 2 heterocycles. The van der Waals surface area contributed by atoms with E-state index in [2.05, 4.69) is 20.5 Å². The number of carbonyl (C=O) groups is 1. The molecule has 0 fully saturated rings. The minimum absolute atomic E-state index is 0.0336. The predicted molar refractivity (Wildman–Crippen MR) is 90.5 cm³/mol. The van der Waals surface area contributed by atoms with E-state index in [1.807, 2.05) is 24.3 Å². The first-order chi connectivity index (χ1) is 11.1. The number of carbonyl (C=O) groups excluding carboxylic acids is 1. The number of nitrogens with one attached hydrogen (secondary N) is 2. The smallest absolute Gasteiger partial charge is 0.220 e. The van der Waals surface area contributed by atoms with Crippen LogP contribution < -0.4 is 16.8 Å². The van der Waals surface area contributed by atoms with Crippen LogP contribution in [0.1, 0.15) is 12.0 Å². The van der Waals surface area contributed by atoms with Gasteiger partial charge in [0, 0.05) is 30.6 Å². The molecule has 0 saturated heterocycles. The number of hydrogen-bond donors (Lipinski definition) is 4. The fourth-order valence-corrected chi connectivity index (χ4v) is 2.61. The molecule has 0 saturated carbocycles. The Kier molecular flexibility index (Phi) is 3.84. The zero-order valence-corrected chi connectivity index (χ0v) is 12.8. The topological polar surface area (TPSA) is 123 Å². The number of pyridine rings is 1. The molecule has 0 unspecified atom stereocenters. The lowest BCUT2D eigenvalue weighted by atomic mass is 9.96. The van der Waals surface area contributed by atoms with Crippen molar-refractivity contribution in [1.82, 2.24) is 20.5 Å². The number of nitrogens with two attached hydrogens (primary N) is 2. The molecule has 0 aliphatic rings. The van der Waals surface area contributed by atoms with Crippen molar-refractivity contribution in [3.8, 4) is 11.1 Å². The Morgan fingerprint density at radius 2 is 2.09 bits per heavy atom. The Hall–Kier alpha value is -3.09. The second-order valence-corrected chi connectivity index (χ2v) is 5.26. The molecule has 118 valence electrons. The lowest BCUT2D eigenvalue weighted by Crippen LogP contribution is -2.18. The Bertz CT molecular complexity index is 870. The molecule has 2 aromatic heterocycles. The van der Waals surface area contributed by atoms with Gasteiger partial charge in [0.2, 0.25) is 5.91 Å². The second kappa shape index (κ2) is 5.96. The van der Waals surface area contributed by atoms with Gasteiger partial charge in [0.25, 0.3) is 0 Å². The average Bonchev–Trinajstić information content (AvgIpc) is 2.94. The fraction of sp³-hybridized carbons (Fsp3) is 0.188. The van der Waals surface area contributed by atoms with Crippen LogP contribution in [0.15, 0.2) is 30.5 Å². The van der Waals surface area contributed by atoms with E-state index >= 15 is 0 Å². The summed E-state index contributed by atoms with van der Waals surface area (Å²) >= 11 is 0. The number of fused-ring (bicyclic) bond motifs is 1. The van der Waals surface area contributed by atoms with Crippen LogP contribution in [0.5, 0.6) is 0 Å². The number of nitrogens with zero attached hydrogens (tertiary/aromatic N) is 2. The summed E-state index contributed by atoms with van der Waals surface area (Å²) in [6, 6.07) is 7.75. The molecule has 6 N–H and O–H groups in total. The number of nitrogen functional groups attached to an aromatic ring is 2. The summed E-state index contributed by atoms with van der Waals surface area (Å²) in [6.45, 7) is 0. The molecule has 0 aliphatic carbocycles. The number of anilines is 2. The SMILES string of the molecule is CNC(=O)CCc1c(-c2ccc3[nH]nc(N)c3c2)ccnc1N. The first-order valence-corrected chi connectivity index (χ1v) is 7.28. The lowest BCUT2D eigenvalue weighted by molar-refractivity contribution is -0.120. The zero-order valence-electron chi connectivity index (χ0n) is 12.8. The Morgan fingerprint density at radius 1 is 1.26 bits per heavy atom. The van der Waals surface area contributed by atoms with Gasteiger partial charge in [-0.3, -0.25) is 9.89 Å². The highest BCUT2D eigenvalue weighted by molar-refractivity contribution is 5.92. The number of amides is 1. The van der Waals surface area contributed by atoms with E-state index in [1.165, 1.54) is 0 Å². The molecule has 7 nitrogen and oxygen atoms in total. The Labute approximate surface area is 133 Å². The highest BCUT2D eigenvalue weighted by Crippen LogP contribution is 2.31. The van der Waals surface area contributed by atoms with Crippen LogP contribution in [0.2, 0.25) is 0 Å². The van der Waals surface area contributed by atoms with Gasteiger partial charge in [-0.1, -0.05) is 6.07 Å². The van der Waals surface area contributed by atoms with E-state index in [9.17, 15) is 4.79 Å². The molecule has 1 amide bonds. The highest BCUT2D eigenvalue weighted by Gasteiger charge is 2.13. The molecule has 3 aromatic rings. The van der Waals surface area contributed by atoms with Crippen molar-refractivity contribution in [3.63, 3.8) is 0 Å². The molecule has 0 atom stereocenters. The first-order valence-electron chi connectivity index (χ1n) is 7.28. The van der Waals surface area contributed by atoms with Gasteiger partial charge >= 0.3 is 0 Å². The Morgan fingerprint density at radius 3 is 2.87 bits per heavy atom. The van der Waals surface area contributed by atoms with Crippen LogP contribution in [0, 0.1) is 0 Å². The molecule has 0 bridgehead atoms. The van der Waals surface area contributed by atoms with Crippen LogP contribution in [0.3, 0.4) is 0 Å². The molecule has 0 spiro atoms. The van der Waals surface area contributed by atoms with Gasteiger partial charge < -0.3 is 16.8 Å². The van der Waals surface area contributed by atoms with Crippen molar-refractivity contribution < 1.29 is 4.79 Å². The van der Waals surface area contributed by atoms with E-state index < -0.39 is 0 Å². The number of hydrogen-bond acceptors (Lipinski definition) is 5. The van der Waals surface area contributed by atoms with Crippen molar-refractivity contribution in [3.05, 3.63) is 36.0 Å². The number of aromatic amines is 1. The van der Waals surface area contributed by atoms with Crippen LogP contribution in [0.4, 0.5) is 11.6 Å². The summed E-state index contributed by atoms with van der Waals surface area (Å²) in [7, 11) is 1.62. The summed E-state index contributed by atoms with van der Waals surface area (Å²) in [5.74, 6) is 0.858. The summed E-state index contributed by atoms with van der Waals surface area (Å²) in [4.78, 5) is 15.7. The van der Waals surface area contributed by atoms with Crippen LogP contribution >= 0.6 is 0 Å². The third-order valence-electron chi connectivity index (χ3n) is 3.87. The second-order valence-electron chi connectivity index (χ2n) is 5.26. The van der Waals surface area contributed by atoms with Crippen molar-refractivity contribution in [2.45, 2.75) is 12.8 Å². The van der Waals surface area contributed by atoms with Crippen molar-refractivity contribution in [1.29, 1.82) is 0 Å². The van der Waals surface area contributed by atoms with E-state index in [0.29, 0.717) is 24.5 Å².